The molecule has 2 aromatic heterocycles. The van der Waals surface area contributed by atoms with Crippen molar-refractivity contribution in [1.82, 2.24) is 19.5 Å². The van der Waals surface area contributed by atoms with Crippen LogP contribution >= 0.6 is 0 Å². The van der Waals surface area contributed by atoms with E-state index in [1.807, 2.05) is 60.7 Å². The van der Waals surface area contributed by atoms with E-state index in [1.54, 1.807) is 0 Å². The number of rotatable bonds is 7. The Bertz CT molecular complexity index is 2840. The molecule has 2 heterocycles. The Morgan fingerprint density at radius 1 is 0.273 bits per heavy atom. The van der Waals surface area contributed by atoms with E-state index in [1.165, 1.54) is 21.8 Å². The lowest BCUT2D eigenvalue weighted by atomic mass is 9.90. The average Bonchev–Trinajstić information content (AvgIpc) is 3.61. The van der Waals surface area contributed by atoms with Gasteiger partial charge in [-0.05, 0) is 58.1 Å². The van der Waals surface area contributed by atoms with Gasteiger partial charge in [-0.25, -0.2) is 15.0 Å². The summed E-state index contributed by atoms with van der Waals surface area (Å²) in [5.41, 5.74) is 13.1. The summed E-state index contributed by atoms with van der Waals surface area (Å²) < 4.78 is 2.41. The first-order chi connectivity index (χ1) is 27.3. The molecule has 0 aliphatic heterocycles. The molecule has 0 amide bonds. The van der Waals surface area contributed by atoms with Crippen LogP contribution in [0.5, 0.6) is 0 Å². The van der Waals surface area contributed by atoms with Gasteiger partial charge in [0.25, 0.3) is 0 Å². The second-order valence-corrected chi connectivity index (χ2v) is 13.6. The zero-order chi connectivity index (χ0) is 36.6. The highest BCUT2D eigenvalue weighted by Gasteiger charge is 2.19. The van der Waals surface area contributed by atoms with Crippen molar-refractivity contribution < 1.29 is 0 Å². The summed E-state index contributed by atoms with van der Waals surface area (Å²) in [7, 11) is 0. The number of para-hydroxylation sites is 2. The smallest absolute Gasteiger partial charge is 0.164 e. The molecule has 4 nitrogen and oxygen atoms in total. The van der Waals surface area contributed by atoms with Crippen molar-refractivity contribution in [1.29, 1.82) is 0 Å². The lowest BCUT2D eigenvalue weighted by molar-refractivity contribution is 1.07. The standard InChI is InChI=1S/C51H34N4/c1-5-17-35(18-6-1)44-34-40(51-53-49(37-21-9-3-10-22-37)52-50(54-51)38-23-11-4-12-24-38)29-31-41(44)39-30-32-48(45(33-39)36-19-7-2-8-20-36)55-46-27-15-13-25-42(46)43-26-14-16-28-47(43)55/h1-34H. The predicted octanol–water partition coefficient (Wildman–Crippen LogP) is 13.0. The maximum atomic E-state index is 5.06. The summed E-state index contributed by atoms with van der Waals surface area (Å²) in [6.45, 7) is 0. The number of hydrogen-bond acceptors (Lipinski definition) is 3. The average molecular weight is 703 g/mol. The lowest BCUT2D eigenvalue weighted by Crippen LogP contribution is -2.00. The molecule has 10 aromatic rings. The van der Waals surface area contributed by atoms with Crippen LogP contribution in [0.4, 0.5) is 0 Å². The topological polar surface area (TPSA) is 43.6 Å². The van der Waals surface area contributed by atoms with E-state index in [-0.39, 0.29) is 0 Å². The molecule has 0 aliphatic carbocycles. The van der Waals surface area contributed by atoms with Crippen molar-refractivity contribution in [2.45, 2.75) is 0 Å². The lowest BCUT2D eigenvalue weighted by Gasteiger charge is -2.18. The molecule has 0 fully saturated rings. The Hall–Kier alpha value is -7.43. The molecule has 0 aliphatic rings. The molecule has 0 spiro atoms. The fourth-order valence-electron chi connectivity index (χ4n) is 7.66. The van der Waals surface area contributed by atoms with Gasteiger partial charge in [0.05, 0.1) is 16.7 Å². The minimum atomic E-state index is 0.628. The second-order valence-electron chi connectivity index (χ2n) is 13.6. The Labute approximate surface area is 319 Å². The molecule has 55 heavy (non-hydrogen) atoms. The van der Waals surface area contributed by atoms with Crippen molar-refractivity contribution in [3.8, 4) is 73.2 Å². The summed E-state index contributed by atoms with van der Waals surface area (Å²) in [6.07, 6.45) is 0. The van der Waals surface area contributed by atoms with Crippen LogP contribution in [0.25, 0.3) is 95.0 Å². The van der Waals surface area contributed by atoms with Crippen molar-refractivity contribution in [3.63, 3.8) is 0 Å². The van der Waals surface area contributed by atoms with Gasteiger partial charge in [-0.15, -0.1) is 0 Å². The summed E-state index contributed by atoms with van der Waals surface area (Å²) in [5.74, 6) is 1.91. The van der Waals surface area contributed by atoms with Crippen molar-refractivity contribution in [2.75, 3.05) is 0 Å². The molecule has 4 heteroatoms. The van der Waals surface area contributed by atoms with Crippen molar-refractivity contribution >= 4 is 21.8 Å². The third-order valence-corrected chi connectivity index (χ3v) is 10.3. The highest BCUT2D eigenvalue weighted by molar-refractivity contribution is 6.10. The molecular weight excluding hydrogens is 669 g/mol. The van der Waals surface area contributed by atoms with Gasteiger partial charge < -0.3 is 4.57 Å². The van der Waals surface area contributed by atoms with Gasteiger partial charge >= 0.3 is 0 Å². The van der Waals surface area contributed by atoms with Gasteiger partial charge in [0.1, 0.15) is 0 Å². The Kier molecular flexibility index (Phi) is 8.12. The van der Waals surface area contributed by atoms with Crippen LogP contribution < -0.4 is 0 Å². The number of fused-ring (bicyclic) bond motifs is 3. The summed E-state index contributed by atoms with van der Waals surface area (Å²) in [6, 6.07) is 72.4. The highest BCUT2D eigenvalue weighted by Crippen LogP contribution is 2.41. The molecule has 0 bridgehead atoms. The van der Waals surface area contributed by atoms with Crippen LogP contribution in [0.1, 0.15) is 0 Å². The van der Waals surface area contributed by atoms with Gasteiger partial charge in [-0.1, -0.05) is 176 Å². The van der Waals surface area contributed by atoms with Gasteiger partial charge in [-0.3, -0.25) is 0 Å². The van der Waals surface area contributed by atoms with E-state index in [9.17, 15) is 0 Å². The highest BCUT2D eigenvalue weighted by atomic mass is 15.0. The Morgan fingerprint density at radius 3 is 1.20 bits per heavy atom. The van der Waals surface area contributed by atoms with E-state index in [4.69, 9.17) is 15.0 Å². The summed E-state index contributed by atoms with van der Waals surface area (Å²) in [4.78, 5) is 15.0. The summed E-state index contributed by atoms with van der Waals surface area (Å²) in [5, 5.41) is 2.49. The number of hydrogen-bond donors (Lipinski definition) is 0. The molecule has 0 unspecified atom stereocenters. The first kappa shape index (κ1) is 32.2. The van der Waals surface area contributed by atoms with Crippen molar-refractivity contribution in [2.24, 2.45) is 0 Å². The first-order valence-electron chi connectivity index (χ1n) is 18.5. The zero-order valence-electron chi connectivity index (χ0n) is 29.9. The van der Waals surface area contributed by atoms with Gasteiger partial charge in [0.15, 0.2) is 17.5 Å². The van der Waals surface area contributed by atoms with Crippen LogP contribution in [-0.4, -0.2) is 19.5 Å². The largest absolute Gasteiger partial charge is 0.309 e. The summed E-state index contributed by atoms with van der Waals surface area (Å²) >= 11 is 0. The van der Waals surface area contributed by atoms with E-state index in [2.05, 4.69) is 150 Å². The van der Waals surface area contributed by atoms with Crippen LogP contribution in [-0.2, 0) is 0 Å². The number of benzene rings is 8. The van der Waals surface area contributed by atoms with Gasteiger partial charge in [0.2, 0.25) is 0 Å². The molecule has 8 aromatic carbocycles. The van der Waals surface area contributed by atoms with Crippen molar-refractivity contribution in [3.05, 3.63) is 206 Å². The fourth-order valence-corrected chi connectivity index (χ4v) is 7.66. The van der Waals surface area contributed by atoms with Gasteiger partial charge in [0, 0.05) is 33.0 Å². The monoisotopic (exact) mass is 702 g/mol. The molecule has 0 radical (unpaired) electrons. The van der Waals surface area contributed by atoms with Gasteiger partial charge in [-0.2, -0.15) is 0 Å². The third kappa shape index (κ3) is 5.96. The molecule has 0 atom stereocenters. The third-order valence-electron chi connectivity index (χ3n) is 10.3. The second kappa shape index (κ2) is 13.8. The van der Waals surface area contributed by atoms with Crippen LogP contribution in [0.15, 0.2) is 206 Å². The van der Waals surface area contributed by atoms with Crippen LogP contribution in [0.3, 0.4) is 0 Å². The van der Waals surface area contributed by atoms with E-state index >= 15 is 0 Å². The van der Waals surface area contributed by atoms with E-state index < -0.39 is 0 Å². The normalized spacial score (nSPS) is 11.3. The molecule has 0 saturated heterocycles. The minimum absolute atomic E-state index is 0.628. The Balaban J connectivity index is 1.18. The van der Waals surface area contributed by atoms with E-state index in [0.717, 1.165) is 55.8 Å². The molecule has 258 valence electrons. The molecule has 10 rings (SSSR count). The van der Waals surface area contributed by atoms with Crippen LogP contribution in [0.2, 0.25) is 0 Å². The molecular formula is C51H34N4. The first-order valence-corrected chi connectivity index (χ1v) is 18.5. The quantitative estimate of drug-likeness (QED) is 0.166. The maximum absolute atomic E-state index is 5.06. The number of nitrogens with zero attached hydrogens (tertiary/aromatic N) is 4. The number of aromatic nitrogens is 4. The molecule has 0 saturated carbocycles. The maximum Gasteiger partial charge on any atom is 0.164 e. The fraction of sp³-hybridized carbons (Fsp3) is 0. The Morgan fingerprint density at radius 2 is 0.673 bits per heavy atom. The predicted molar refractivity (Wildman–Crippen MR) is 227 cm³/mol. The van der Waals surface area contributed by atoms with Crippen LogP contribution in [0, 0.1) is 0 Å². The minimum Gasteiger partial charge on any atom is -0.309 e. The van der Waals surface area contributed by atoms with E-state index in [0.29, 0.717) is 17.5 Å². The SMILES string of the molecule is c1ccc(-c2nc(-c3ccccc3)nc(-c3ccc(-c4ccc(-n5c6ccccc6c6ccccc65)c(-c5ccccc5)c4)c(-c4ccccc4)c3)n2)cc1. The zero-order valence-corrected chi connectivity index (χ0v) is 29.9. The molecule has 0 N–H and O–H groups in total.